The van der Waals surface area contributed by atoms with E-state index < -0.39 is 0 Å². The van der Waals surface area contributed by atoms with Crippen LogP contribution in [0.3, 0.4) is 0 Å². The van der Waals surface area contributed by atoms with Gasteiger partial charge in [0, 0.05) is 31.1 Å². The number of hydrogen-bond donors (Lipinski definition) is 1. The van der Waals surface area contributed by atoms with Crippen LogP contribution in [-0.4, -0.2) is 59.6 Å². The van der Waals surface area contributed by atoms with Crippen molar-refractivity contribution < 1.29 is 4.79 Å². The van der Waals surface area contributed by atoms with Crippen molar-refractivity contribution in [3.05, 3.63) is 24.3 Å². The predicted molar refractivity (Wildman–Crippen MR) is 94.6 cm³/mol. The molecule has 140 valence electrons. The molecule has 9 nitrogen and oxygen atoms in total. The lowest BCUT2D eigenvalue weighted by Gasteiger charge is -2.32. The normalized spacial score (nSPS) is 18.5. The molecule has 0 bridgehead atoms. The molecular formula is C17H26N8O. The Morgan fingerprint density at radius 1 is 1.23 bits per heavy atom. The van der Waals surface area contributed by atoms with Crippen molar-refractivity contribution in [3.63, 3.8) is 0 Å². The molecule has 3 heterocycles. The van der Waals surface area contributed by atoms with Crippen LogP contribution in [0.1, 0.15) is 63.1 Å². The average molecular weight is 358 g/mol. The van der Waals surface area contributed by atoms with Gasteiger partial charge in [0.1, 0.15) is 25.0 Å². The Morgan fingerprint density at radius 2 is 2.00 bits per heavy atom. The molecule has 0 radical (unpaired) electrons. The Hall–Kier alpha value is -2.45. The molecule has 9 heteroatoms. The summed E-state index contributed by atoms with van der Waals surface area (Å²) in [4.78, 5) is 18.1. The molecule has 1 saturated heterocycles. The number of piperidine rings is 1. The highest BCUT2D eigenvalue weighted by atomic mass is 16.2. The molecule has 1 aliphatic heterocycles. The number of hydrogen-bond acceptors (Lipinski definition) is 5. The van der Waals surface area contributed by atoms with Crippen LogP contribution in [0.5, 0.6) is 0 Å². The first kappa shape index (κ1) is 17.0. The van der Waals surface area contributed by atoms with E-state index in [4.69, 9.17) is 0 Å². The van der Waals surface area contributed by atoms with Crippen LogP contribution in [0.25, 0.3) is 0 Å². The first-order valence-electron chi connectivity index (χ1n) is 9.43. The second-order valence-corrected chi connectivity index (χ2v) is 7.53. The third-order valence-corrected chi connectivity index (χ3v) is 5.03. The fourth-order valence-corrected chi connectivity index (χ4v) is 3.59. The standard InChI is InChI=1S/C17H26N8O/c1-12(2)20-17(26)23-7-5-13(6-8-23)16-22-21-15(25(16)14-3-4-14)9-24-11-18-10-19-24/h10-14H,3-9H2,1-2H3,(H,20,26). The molecule has 4 rings (SSSR count). The molecule has 0 aromatic carbocycles. The number of nitrogens with one attached hydrogen (secondary N) is 1. The van der Waals surface area contributed by atoms with E-state index in [9.17, 15) is 4.79 Å². The molecule has 1 saturated carbocycles. The van der Waals surface area contributed by atoms with Crippen molar-refractivity contribution in [2.24, 2.45) is 0 Å². The van der Waals surface area contributed by atoms with Gasteiger partial charge in [-0.1, -0.05) is 0 Å². The van der Waals surface area contributed by atoms with Gasteiger partial charge >= 0.3 is 6.03 Å². The fourth-order valence-electron chi connectivity index (χ4n) is 3.59. The number of carbonyl (C=O) groups excluding carboxylic acids is 1. The van der Waals surface area contributed by atoms with E-state index in [2.05, 4.69) is 30.2 Å². The maximum Gasteiger partial charge on any atom is 0.317 e. The molecule has 0 atom stereocenters. The maximum absolute atomic E-state index is 12.2. The van der Waals surface area contributed by atoms with Gasteiger partial charge < -0.3 is 14.8 Å². The second-order valence-electron chi connectivity index (χ2n) is 7.53. The topological polar surface area (TPSA) is 93.8 Å². The highest BCUT2D eigenvalue weighted by molar-refractivity contribution is 5.74. The van der Waals surface area contributed by atoms with Gasteiger partial charge in [-0.05, 0) is 39.5 Å². The molecule has 0 spiro atoms. The summed E-state index contributed by atoms with van der Waals surface area (Å²) < 4.78 is 4.10. The second kappa shape index (κ2) is 7.05. The van der Waals surface area contributed by atoms with Crippen LogP contribution in [-0.2, 0) is 6.54 Å². The number of aromatic nitrogens is 6. The van der Waals surface area contributed by atoms with E-state index in [-0.39, 0.29) is 12.1 Å². The number of urea groups is 1. The molecule has 2 aromatic heterocycles. The first-order chi connectivity index (χ1) is 12.6. The summed E-state index contributed by atoms with van der Waals surface area (Å²) in [5, 5.41) is 16.1. The van der Waals surface area contributed by atoms with Gasteiger partial charge in [-0.2, -0.15) is 5.10 Å². The summed E-state index contributed by atoms with van der Waals surface area (Å²) in [5.74, 6) is 2.38. The SMILES string of the molecule is CC(C)NC(=O)N1CCC(c2nnc(Cn3cncn3)n2C2CC2)CC1. The quantitative estimate of drug-likeness (QED) is 0.875. The number of nitrogens with zero attached hydrogens (tertiary/aromatic N) is 7. The number of likely N-dealkylation sites (tertiary alicyclic amines) is 1. The molecule has 1 aliphatic carbocycles. The molecule has 2 aliphatic rings. The summed E-state index contributed by atoms with van der Waals surface area (Å²) in [6.07, 6.45) is 7.48. The Bertz CT molecular complexity index is 741. The van der Waals surface area contributed by atoms with Crippen molar-refractivity contribution >= 4 is 6.03 Å². The van der Waals surface area contributed by atoms with Crippen molar-refractivity contribution in [1.82, 2.24) is 39.7 Å². The minimum Gasteiger partial charge on any atom is -0.336 e. The molecule has 2 amide bonds. The van der Waals surface area contributed by atoms with E-state index in [0.29, 0.717) is 18.5 Å². The Labute approximate surface area is 152 Å². The summed E-state index contributed by atoms with van der Waals surface area (Å²) in [5.41, 5.74) is 0. The molecule has 2 fully saturated rings. The van der Waals surface area contributed by atoms with Crippen LogP contribution in [0.4, 0.5) is 4.79 Å². The molecular weight excluding hydrogens is 332 g/mol. The van der Waals surface area contributed by atoms with Crippen molar-refractivity contribution in [2.75, 3.05) is 13.1 Å². The highest BCUT2D eigenvalue weighted by Crippen LogP contribution is 2.39. The summed E-state index contributed by atoms with van der Waals surface area (Å²) in [6, 6.07) is 0.715. The van der Waals surface area contributed by atoms with Gasteiger partial charge in [-0.15, -0.1) is 10.2 Å². The zero-order valence-electron chi connectivity index (χ0n) is 15.4. The maximum atomic E-state index is 12.2. The van der Waals surface area contributed by atoms with Gasteiger partial charge in [-0.25, -0.2) is 14.5 Å². The molecule has 1 N–H and O–H groups in total. The Kier molecular flexibility index (Phi) is 4.60. The minimum absolute atomic E-state index is 0.0361. The zero-order valence-corrected chi connectivity index (χ0v) is 15.4. The van der Waals surface area contributed by atoms with E-state index in [1.807, 2.05) is 18.7 Å². The minimum atomic E-state index is 0.0361. The lowest BCUT2D eigenvalue weighted by Crippen LogP contribution is -2.46. The largest absolute Gasteiger partial charge is 0.336 e. The van der Waals surface area contributed by atoms with Crippen molar-refractivity contribution in [2.45, 2.75) is 64.1 Å². The van der Waals surface area contributed by atoms with Crippen LogP contribution < -0.4 is 5.32 Å². The summed E-state index contributed by atoms with van der Waals surface area (Å²) >= 11 is 0. The van der Waals surface area contributed by atoms with E-state index in [0.717, 1.165) is 37.6 Å². The monoisotopic (exact) mass is 358 g/mol. The number of carbonyl (C=O) groups is 1. The number of rotatable bonds is 5. The fraction of sp³-hybridized carbons (Fsp3) is 0.706. The van der Waals surface area contributed by atoms with Crippen LogP contribution >= 0.6 is 0 Å². The van der Waals surface area contributed by atoms with Gasteiger partial charge in [0.05, 0.1) is 0 Å². The summed E-state index contributed by atoms with van der Waals surface area (Å²) in [7, 11) is 0. The molecule has 26 heavy (non-hydrogen) atoms. The van der Waals surface area contributed by atoms with E-state index >= 15 is 0 Å². The van der Waals surface area contributed by atoms with E-state index in [1.54, 1.807) is 11.0 Å². The van der Waals surface area contributed by atoms with Gasteiger partial charge in [-0.3, -0.25) is 0 Å². The molecule has 0 unspecified atom stereocenters. The zero-order chi connectivity index (χ0) is 18.1. The van der Waals surface area contributed by atoms with E-state index in [1.165, 1.54) is 19.2 Å². The van der Waals surface area contributed by atoms with Gasteiger partial charge in [0.15, 0.2) is 5.82 Å². The summed E-state index contributed by atoms with van der Waals surface area (Å²) in [6.45, 7) is 6.09. The van der Waals surface area contributed by atoms with Crippen molar-refractivity contribution in [1.29, 1.82) is 0 Å². The molecule has 2 aromatic rings. The lowest BCUT2D eigenvalue weighted by atomic mass is 9.96. The third kappa shape index (κ3) is 3.56. The van der Waals surface area contributed by atoms with Gasteiger partial charge in [0.25, 0.3) is 0 Å². The van der Waals surface area contributed by atoms with Crippen molar-refractivity contribution in [3.8, 4) is 0 Å². The Morgan fingerprint density at radius 3 is 2.62 bits per heavy atom. The van der Waals surface area contributed by atoms with Gasteiger partial charge in [0.2, 0.25) is 0 Å². The first-order valence-corrected chi connectivity index (χ1v) is 9.43. The third-order valence-electron chi connectivity index (χ3n) is 5.03. The average Bonchev–Trinajstić information content (AvgIpc) is 3.16. The Balaban J connectivity index is 1.45. The van der Waals surface area contributed by atoms with Crippen LogP contribution in [0.2, 0.25) is 0 Å². The highest BCUT2D eigenvalue weighted by Gasteiger charge is 2.34. The van der Waals surface area contributed by atoms with Crippen LogP contribution in [0.15, 0.2) is 12.7 Å². The smallest absolute Gasteiger partial charge is 0.317 e. The predicted octanol–water partition coefficient (Wildman–Crippen LogP) is 1.55. The lowest BCUT2D eigenvalue weighted by molar-refractivity contribution is 0.177. The van der Waals surface area contributed by atoms with Crippen LogP contribution in [0, 0.1) is 0 Å². The number of amides is 2.